The maximum Gasteiger partial charge on any atom is 0.225 e. The van der Waals surface area contributed by atoms with Gasteiger partial charge in [0, 0.05) is 45.7 Å². The van der Waals surface area contributed by atoms with E-state index in [2.05, 4.69) is 33.1 Å². The van der Waals surface area contributed by atoms with Crippen molar-refractivity contribution in [2.24, 2.45) is 11.8 Å². The molecule has 3 aliphatic heterocycles. The lowest BCUT2D eigenvalue weighted by Crippen LogP contribution is -2.41. The summed E-state index contributed by atoms with van der Waals surface area (Å²) in [6.45, 7) is 5.72. The summed E-state index contributed by atoms with van der Waals surface area (Å²) in [6.07, 6.45) is 4.58. The van der Waals surface area contributed by atoms with Crippen LogP contribution in [0.2, 0.25) is 0 Å². The van der Waals surface area contributed by atoms with Crippen LogP contribution in [0.15, 0.2) is 6.07 Å². The molecular formula is C21H31N5O2. The van der Waals surface area contributed by atoms with Crippen molar-refractivity contribution in [2.45, 2.75) is 50.7 Å². The average Bonchev–Trinajstić information content (AvgIpc) is 3.35. The second-order valence-corrected chi connectivity index (χ2v) is 9.49. The number of likely N-dealkylation sites (tertiary alicyclic amines) is 1. The summed E-state index contributed by atoms with van der Waals surface area (Å²) in [5.41, 5.74) is 1.36. The maximum absolute atomic E-state index is 12.8. The van der Waals surface area contributed by atoms with Crippen LogP contribution in [0.1, 0.15) is 43.4 Å². The van der Waals surface area contributed by atoms with Crippen molar-refractivity contribution in [3.05, 3.63) is 17.3 Å². The number of aliphatic hydroxyl groups is 1. The number of hydrogen-bond acceptors (Lipinski definition) is 6. The predicted molar refractivity (Wildman–Crippen MR) is 106 cm³/mol. The average molecular weight is 386 g/mol. The Morgan fingerprint density at radius 1 is 1.18 bits per heavy atom. The molecule has 1 saturated carbocycles. The molecule has 0 radical (unpaired) electrons. The molecule has 7 nitrogen and oxygen atoms in total. The zero-order valence-corrected chi connectivity index (χ0v) is 16.8. The number of carbonyl (C=O) groups excluding carboxylic acids is 1. The fourth-order valence-electron chi connectivity index (χ4n) is 5.70. The van der Waals surface area contributed by atoms with Gasteiger partial charge in [0.05, 0.1) is 17.7 Å². The van der Waals surface area contributed by atoms with Crippen molar-refractivity contribution in [1.29, 1.82) is 0 Å². The molecule has 5 rings (SSSR count). The minimum Gasteiger partial charge on any atom is -0.389 e. The minimum atomic E-state index is -0.778. The fraction of sp³-hybridized carbons (Fsp3) is 0.762. The molecule has 152 valence electrons. The second kappa shape index (κ2) is 6.95. The first kappa shape index (κ1) is 18.3. The van der Waals surface area contributed by atoms with Gasteiger partial charge in [0.2, 0.25) is 5.91 Å². The summed E-state index contributed by atoms with van der Waals surface area (Å²) in [5, 5.41) is 19.6. The SMILES string of the molecule is CN1C[C@@H]2CN(c3cc4c(nn3)CCN(C(=O)CC3(O)CCCC3)C4)C[C@@H]2C1. The van der Waals surface area contributed by atoms with Gasteiger partial charge in [-0.3, -0.25) is 4.79 Å². The number of aromatic nitrogens is 2. The highest BCUT2D eigenvalue weighted by molar-refractivity contribution is 5.77. The third-order valence-corrected chi connectivity index (χ3v) is 7.29. The molecule has 1 aromatic rings. The molecule has 1 aromatic heterocycles. The molecule has 2 saturated heterocycles. The Balaban J connectivity index is 1.26. The molecule has 7 heteroatoms. The van der Waals surface area contributed by atoms with Crippen molar-refractivity contribution in [1.82, 2.24) is 20.0 Å². The first-order chi connectivity index (χ1) is 13.5. The zero-order chi connectivity index (χ0) is 19.3. The van der Waals surface area contributed by atoms with Gasteiger partial charge in [0.25, 0.3) is 0 Å². The molecule has 0 bridgehead atoms. The predicted octanol–water partition coefficient (Wildman–Crippen LogP) is 1.05. The molecule has 4 aliphatic rings. The summed E-state index contributed by atoms with van der Waals surface area (Å²) in [5.74, 6) is 2.49. The lowest BCUT2D eigenvalue weighted by molar-refractivity contribution is -0.137. The molecular weight excluding hydrogens is 354 g/mol. The van der Waals surface area contributed by atoms with Crippen LogP contribution >= 0.6 is 0 Å². The Hall–Kier alpha value is -1.73. The third kappa shape index (κ3) is 3.39. The van der Waals surface area contributed by atoms with E-state index in [0.29, 0.717) is 13.1 Å². The van der Waals surface area contributed by atoms with Gasteiger partial charge in [-0.05, 0) is 43.4 Å². The van der Waals surface area contributed by atoms with Crippen LogP contribution in [-0.4, -0.2) is 76.4 Å². The van der Waals surface area contributed by atoms with E-state index < -0.39 is 5.60 Å². The van der Waals surface area contributed by atoms with E-state index in [0.717, 1.165) is 74.1 Å². The van der Waals surface area contributed by atoms with E-state index in [4.69, 9.17) is 0 Å². The van der Waals surface area contributed by atoms with E-state index in [1.54, 1.807) is 0 Å². The molecule has 0 unspecified atom stereocenters. The van der Waals surface area contributed by atoms with Gasteiger partial charge in [-0.1, -0.05) is 12.8 Å². The van der Waals surface area contributed by atoms with Crippen molar-refractivity contribution in [2.75, 3.05) is 44.7 Å². The molecule has 1 aliphatic carbocycles. The highest BCUT2D eigenvalue weighted by Gasteiger charge is 2.40. The van der Waals surface area contributed by atoms with Crippen LogP contribution in [0, 0.1) is 11.8 Å². The normalized spacial score (nSPS) is 29.2. The van der Waals surface area contributed by atoms with Gasteiger partial charge < -0.3 is 19.8 Å². The van der Waals surface area contributed by atoms with E-state index in [1.807, 2.05) is 4.90 Å². The number of amides is 1. The van der Waals surface area contributed by atoms with Crippen molar-refractivity contribution < 1.29 is 9.90 Å². The van der Waals surface area contributed by atoms with Crippen LogP contribution in [0.3, 0.4) is 0 Å². The summed E-state index contributed by atoms with van der Waals surface area (Å²) >= 11 is 0. The number of anilines is 1. The van der Waals surface area contributed by atoms with Gasteiger partial charge >= 0.3 is 0 Å². The Morgan fingerprint density at radius 2 is 1.89 bits per heavy atom. The summed E-state index contributed by atoms with van der Waals surface area (Å²) < 4.78 is 0. The lowest BCUT2D eigenvalue weighted by atomic mass is 9.96. The van der Waals surface area contributed by atoms with E-state index in [1.165, 1.54) is 13.1 Å². The van der Waals surface area contributed by atoms with Crippen LogP contribution in [0.4, 0.5) is 5.82 Å². The highest BCUT2D eigenvalue weighted by atomic mass is 16.3. The molecule has 0 aromatic carbocycles. The molecule has 0 spiro atoms. The molecule has 28 heavy (non-hydrogen) atoms. The number of fused-ring (bicyclic) bond motifs is 2. The smallest absolute Gasteiger partial charge is 0.225 e. The van der Waals surface area contributed by atoms with Crippen LogP contribution < -0.4 is 4.90 Å². The van der Waals surface area contributed by atoms with Gasteiger partial charge in [0.1, 0.15) is 0 Å². The molecule has 4 heterocycles. The second-order valence-electron chi connectivity index (χ2n) is 9.49. The Labute approximate surface area is 166 Å². The van der Waals surface area contributed by atoms with E-state index in [9.17, 15) is 9.90 Å². The third-order valence-electron chi connectivity index (χ3n) is 7.29. The molecule has 3 fully saturated rings. The minimum absolute atomic E-state index is 0.0761. The number of carbonyl (C=O) groups is 1. The first-order valence-corrected chi connectivity index (χ1v) is 10.8. The van der Waals surface area contributed by atoms with E-state index in [-0.39, 0.29) is 12.3 Å². The standard InChI is InChI=1S/C21H31N5O2/c1-24-10-16-13-26(14-17(16)11-24)19-8-15-12-25(7-4-18(15)22-23-19)20(27)9-21(28)5-2-3-6-21/h8,16-17,28H,2-7,9-14H2,1H3/t16-,17+. The maximum atomic E-state index is 12.8. The molecule has 1 N–H and O–H groups in total. The van der Waals surface area contributed by atoms with Gasteiger partial charge in [-0.15, -0.1) is 5.10 Å². The number of rotatable bonds is 3. The monoisotopic (exact) mass is 385 g/mol. The highest BCUT2D eigenvalue weighted by Crippen LogP contribution is 2.35. The summed E-state index contributed by atoms with van der Waals surface area (Å²) in [7, 11) is 2.20. The lowest BCUT2D eigenvalue weighted by Gasteiger charge is -2.31. The Kier molecular flexibility index (Phi) is 4.55. The van der Waals surface area contributed by atoms with Crippen molar-refractivity contribution in [3.8, 4) is 0 Å². The summed E-state index contributed by atoms with van der Waals surface area (Å²) in [4.78, 5) is 19.5. The Bertz CT molecular complexity index is 749. The zero-order valence-electron chi connectivity index (χ0n) is 16.8. The fourth-order valence-corrected chi connectivity index (χ4v) is 5.70. The van der Waals surface area contributed by atoms with Crippen LogP contribution in [0.25, 0.3) is 0 Å². The quantitative estimate of drug-likeness (QED) is 0.839. The summed E-state index contributed by atoms with van der Waals surface area (Å²) in [6, 6.07) is 2.15. The Morgan fingerprint density at radius 3 is 2.61 bits per heavy atom. The molecule has 1 amide bonds. The largest absolute Gasteiger partial charge is 0.389 e. The van der Waals surface area contributed by atoms with Gasteiger partial charge in [0.15, 0.2) is 5.82 Å². The topological polar surface area (TPSA) is 72.8 Å². The first-order valence-electron chi connectivity index (χ1n) is 10.8. The van der Waals surface area contributed by atoms with Gasteiger partial charge in [-0.2, -0.15) is 5.10 Å². The van der Waals surface area contributed by atoms with Gasteiger partial charge in [-0.25, -0.2) is 0 Å². The number of nitrogens with zero attached hydrogens (tertiary/aromatic N) is 5. The van der Waals surface area contributed by atoms with E-state index >= 15 is 0 Å². The van der Waals surface area contributed by atoms with Crippen LogP contribution in [-0.2, 0) is 17.8 Å². The van der Waals surface area contributed by atoms with Crippen LogP contribution in [0.5, 0.6) is 0 Å². The van der Waals surface area contributed by atoms with Crippen molar-refractivity contribution >= 4 is 11.7 Å². The molecule has 2 atom stereocenters. The number of hydrogen-bond donors (Lipinski definition) is 1. The van der Waals surface area contributed by atoms with Crippen molar-refractivity contribution in [3.63, 3.8) is 0 Å².